The molecule has 0 spiro atoms. The highest BCUT2D eigenvalue weighted by Gasteiger charge is 2.24. The lowest BCUT2D eigenvalue weighted by Gasteiger charge is -2.22. The second kappa shape index (κ2) is 19.9. The van der Waals surface area contributed by atoms with Crippen LogP contribution in [0.15, 0.2) is 131 Å². The summed E-state index contributed by atoms with van der Waals surface area (Å²) in [4.78, 5) is 37.0. The van der Waals surface area contributed by atoms with Crippen LogP contribution in [0.2, 0.25) is 0 Å². The van der Waals surface area contributed by atoms with Crippen LogP contribution in [0, 0.1) is 0 Å². The molecule has 0 aromatic heterocycles. The molecule has 61 heavy (non-hydrogen) atoms. The highest BCUT2D eigenvalue weighted by atomic mass is 16.4. The fourth-order valence-corrected chi connectivity index (χ4v) is 7.27. The molecule has 2 heterocycles. The third kappa shape index (κ3) is 10.9. The predicted octanol–water partition coefficient (Wildman–Crippen LogP) is 8.67. The van der Waals surface area contributed by atoms with E-state index >= 15 is 0 Å². The number of carboxylic acid groups (broad SMARTS) is 2. The number of rotatable bonds is 8. The lowest BCUT2D eigenvalue weighted by atomic mass is 9.88. The Labute approximate surface area is 353 Å². The topological polar surface area (TPSA) is 187 Å². The second-order valence-corrected chi connectivity index (χ2v) is 14.6. The Hall–Kier alpha value is -7.60. The van der Waals surface area contributed by atoms with Crippen molar-refractivity contribution in [2.24, 2.45) is 9.98 Å². The number of hydrogen-bond donors (Lipinski definition) is 6. The van der Waals surface area contributed by atoms with E-state index in [-0.39, 0.29) is 28.7 Å². The van der Waals surface area contributed by atoms with Gasteiger partial charge in [-0.3, -0.25) is 9.98 Å². The summed E-state index contributed by atoms with van der Waals surface area (Å²) < 4.78 is 0. The first-order chi connectivity index (χ1) is 29.4. The largest absolute Gasteiger partial charge is 0.508 e. The molecule has 12 nitrogen and oxygen atoms in total. The molecule has 2 aliphatic rings. The summed E-state index contributed by atoms with van der Waals surface area (Å²) in [6.45, 7) is 3.93. The van der Waals surface area contributed by atoms with Crippen LogP contribution in [0.5, 0.6) is 23.0 Å². The molecule has 2 aliphatic heterocycles. The van der Waals surface area contributed by atoms with Gasteiger partial charge in [0.05, 0.1) is 0 Å². The SMILES string of the molecule is CN1CCCN=C1C=Cc1cccc(O)c1.CN1CCCN=C1C=Cc1cccc(O)c1.O=C(O)c1c(O)cc2ccccc2c1Cc1c(C(=O)O)c(O)cc2ccccc12. The number of hydrogen-bond acceptors (Lipinski definition) is 10. The molecule has 0 saturated carbocycles. The Morgan fingerprint density at radius 3 is 1.34 bits per heavy atom. The maximum atomic E-state index is 11.9. The highest BCUT2D eigenvalue weighted by Crippen LogP contribution is 2.37. The lowest BCUT2D eigenvalue weighted by molar-refractivity contribution is 0.0683. The van der Waals surface area contributed by atoms with Crippen LogP contribution in [0.4, 0.5) is 0 Å². The van der Waals surface area contributed by atoms with Gasteiger partial charge in [0, 0.05) is 46.7 Å². The van der Waals surface area contributed by atoms with E-state index in [1.165, 1.54) is 12.1 Å². The Morgan fingerprint density at radius 2 is 0.967 bits per heavy atom. The van der Waals surface area contributed by atoms with Crippen LogP contribution in [0.1, 0.15) is 55.8 Å². The molecule has 312 valence electrons. The molecule has 0 aliphatic carbocycles. The Bertz CT molecular complexity index is 2500. The van der Waals surface area contributed by atoms with Gasteiger partial charge < -0.3 is 40.4 Å². The van der Waals surface area contributed by atoms with Crippen LogP contribution >= 0.6 is 0 Å². The molecule has 0 unspecified atom stereocenters. The summed E-state index contributed by atoms with van der Waals surface area (Å²) in [5.41, 5.74) is 1.97. The van der Waals surface area contributed by atoms with Crippen molar-refractivity contribution in [1.29, 1.82) is 0 Å². The maximum Gasteiger partial charge on any atom is 0.339 e. The van der Waals surface area contributed by atoms with Crippen LogP contribution in [0.3, 0.4) is 0 Å². The third-order valence-electron chi connectivity index (χ3n) is 10.3. The summed E-state index contributed by atoms with van der Waals surface area (Å²) in [6.07, 6.45) is 10.1. The Balaban J connectivity index is 0.000000166. The lowest BCUT2D eigenvalue weighted by Crippen LogP contribution is -2.30. The van der Waals surface area contributed by atoms with Crippen molar-refractivity contribution in [2.45, 2.75) is 19.3 Å². The van der Waals surface area contributed by atoms with E-state index in [4.69, 9.17) is 0 Å². The number of phenols is 4. The number of likely N-dealkylation sites (N-methyl/N-ethyl adjacent to an activating group) is 2. The molecule has 0 radical (unpaired) electrons. The van der Waals surface area contributed by atoms with Gasteiger partial charge in [-0.15, -0.1) is 0 Å². The van der Waals surface area contributed by atoms with Gasteiger partial charge in [0.2, 0.25) is 0 Å². The third-order valence-corrected chi connectivity index (χ3v) is 10.3. The number of aliphatic imine (C=N–C) groups is 2. The average Bonchev–Trinajstić information content (AvgIpc) is 3.23. The standard InChI is InChI=1S/C23H16O6.2C13H16N2O/c24-18-9-12-5-1-3-7-14(12)16(20(18)22(26)27)11-17-15-8-4-2-6-13(15)10-19(25)21(17)23(28)29;2*1-15-9-3-8-14-13(15)7-6-11-4-2-5-12(16)10-11/h1-10,24-25H,11H2,(H,26,27)(H,28,29);2*2,4-7,10,16H,3,8-9H2,1H3. The summed E-state index contributed by atoms with van der Waals surface area (Å²) >= 11 is 0. The number of fused-ring (bicyclic) bond motifs is 2. The minimum absolute atomic E-state index is 0.0902. The zero-order valence-electron chi connectivity index (χ0n) is 33.9. The molecular formula is C49H48N4O8. The summed E-state index contributed by atoms with van der Waals surface area (Å²) in [7, 11) is 4.09. The number of benzene rings is 6. The van der Waals surface area contributed by atoms with E-state index in [2.05, 4.69) is 19.8 Å². The zero-order chi connectivity index (χ0) is 43.5. The van der Waals surface area contributed by atoms with Gasteiger partial charge in [0.25, 0.3) is 0 Å². The minimum Gasteiger partial charge on any atom is -0.508 e. The van der Waals surface area contributed by atoms with Gasteiger partial charge in [-0.25, -0.2) is 9.59 Å². The van der Waals surface area contributed by atoms with Crippen molar-refractivity contribution in [1.82, 2.24) is 9.80 Å². The maximum absolute atomic E-state index is 11.9. The average molecular weight is 821 g/mol. The normalized spacial score (nSPS) is 13.9. The van der Waals surface area contributed by atoms with Crippen LogP contribution in [-0.2, 0) is 6.42 Å². The van der Waals surface area contributed by atoms with Gasteiger partial charge in [-0.1, -0.05) is 84.9 Å². The van der Waals surface area contributed by atoms with E-state index in [0.29, 0.717) is 33.0 Å². The van der Waals surface area contributed by atoms with Gasteiger partial charge in [0.1, 0.15) is 45.8 Å². The first-order valence-corrected chi connectivity index (χ1v) is 19.8. The van der Waals surface area contributed by atoms with Crippen LogP contribution < -0.4 is 0 Å². The number of aromatic hydroxyl groups is 4. The molecule has 12 heteroatoms. The van der Waals surface area contributed by atoms with E-state index in [0.717, 1.165) is 61.8 Å². The first-order valence-electron chi connectivity index (χ1n) is 19.8. The van der Waals surface area contributed by atoms with Crippen molar-refractivity contribution in [3.63, 3.8) is 0 Å². The summed E-state index contributed by atoms with van der Waals surface area (Å²) in [5, 5.41) is 61.2. The Morgan fingerprint density at radius 1 is 0.557 bits per heavy atom. The van der Waals surface area contributed by atoms with Gasteiger partial charge in [-0.05, 0) is 105 Å². The van der Waals surface area contributed by atoms with Gasteiger partial charge >= 0.3 is 11.9 Å². The summed E-state index contributed by atoms with van der Waals surface area (Å²) in [5.74, 6) is -0.819. The van der Waals surface area contributed by atoms with E-state index in [1.54, 1.807) is 72.8 Å². The molecule has 0 bridgehead atoms. The van der Waals surface area contributed by atoms with Crippen molar-refractivity contribution in [2.75, 3.05) is 40.3 Å². The summed E-state index contributed by atoms with van der Waals surface area (Å²) in [6, 6.07) is 31.1. The van der Waals surface area contributed by atoms with Crippen molar-refractivity contribution in [3.05, 3.63) is 155 Å². The smallest absolute Gasteiger partial charge is 0.339 e. The minimum atomic E-state index is -1.32. The predicted molar refractivity (Wildman–Crippen MR) is 241 cm³/mol. The van der Waals surface area contributed by atoms with Crippen molar-refractivity contribution in [3.8, 4) is 23.0 Å². The molecule has 0 atom stereocenters. The number of phenolic OH excluding ortho intramolecular Hbond substituents is 2. The van der Waals surface area contributed by atoms with Crippen LogP contribution in [-0.4, -0.2) is 104 Å². The first kappa shape index (κ1) is 43.0. The molecule has 0 fully saturated rings. The van der Waals surface area contributed by atoms with Crippen molar-refractivity contribution >= 4 is 57.3 Å². The molecular weight excluding hydrogens is 773 g/mol. The van der Waals surface area contributed by atoms with E-state index < -0.39 is 23.4 Å². The van der Waals surface area contributed by atoms with Crippen LogP contribution in [0.25, 0.3) is 33.7 Å². The van der Waals surface area contributed by atoms with Gasteiger partial charge in [0.15, 0.2) is 0 Å². The molecule has 8 rings (SSSR count). The highest BCUT2D eigenvalue weighted by molar-refractivity contribution is 6.04. The Kier molecular flexibility index (Phi) is 14.0. The monoisotopic (exact) mass is 820 g/mol. The molecule has 6 aromatic rings. The fraction of sp³-hybridized carbons (Fsp3) is 0.184. The number of carbonyl (C=O) groups is 2. The van der Waals surface area contributed by atoms with Crippen molar-refractivity contribution < 1.29 is 40.2 Å². The molecule has 0 saturated heterocycles. The number of amidine groups is 2. The molecule has 6 N–H and O–H groups in total. The quantitative estimate of drug-likeness (QED) is 0.0868. The van der Waals surface area contributed by atoms with E-state index in [1.807, 2.05) is 62.7 Å². The zero-order valence-corrected chi connectivity index (χ0v) is 33.9. The number of aromatic carboxylic acids is 2. The fourth-order valence-electron chi connectivity index (χ4n) is 7.27. The second-order valence-electron chi connectivity index (χ2n) is 14.6. The van der Waals surface area contributed by atoms with E-state index in [9.17, 15) is 40.2 Å². The number of carboxylic acids is 2. The molecule has 0 amide bonds. The number of nitrogens with zero attached hydrogens (tertiary/aromatic N) is 4. The molecule has 6 aromatic carbocycles. The van der Waals surface area contributed by atoms with Gasteiger partial charge in [-0.2, -0.15) is 0 Å².